The van der Waals surface area contributed by atoms with E-state index in [4.69, 9.17) is 32.7 Å². The summed E-state index contributed by atoms with van der Waals surface area (Å²) in [7, 11) is 0. The summed E-state index contributed by atoms with van der Waals surface area (Å²) >= 11 is 12.7. The van der Waals surface area contributed by atoms with Gasteiger partial charge in [0, 0.05) is 10.7 Å². The standard InChI is InChI=1S/C30H24Cl2N2O3/c1-3-36-28-16-20(14-23(17-33)30(35)34-27-13-7-12-25(31)19(27)2)15-26(32)29(28)37-18-22-10-6-9-21-8-4-5-11-24(21)22/h4-16H,3,18H2,1-2H3,(H,34,35)/b23-14+. The lowest BCUT2D eigenvalue weighted by atomic mass is 10.1. The van der Waals surface area contributed by atoms with Gasteiger partial charge in [-0.15, -0.1) is 0 Å². The maximum absolute atomic E-state index is 12.8. The van der Waals surface area contributed by atoms with Gasteiger partial charge in [-0.25, -0.2) is 0 Å². The highest BCUT2D eigenvalue weighted by molar-refractivity contribution is 6.32. The number of nitriles is 1. The van der Waals surface area contributed by atoms with Gasteiger partial charge in [0.05, 0.1) is 11.6 Å². The summed E-state index contributed by atoms with van der Waals surface area (Å²) in [5.41, 5.74) is 2.69. The average molecular weight is 531 g/mol. The van der Waals surface area contributed by atoms with Crippen molar-refractivity contribution in [2.45, 2.75) is 20.5 Å². The second kappa shape index (κ2) is 11.8. The molecule has 0 unspecified atom stereocenters. The van der Waals surface area contributed by atoms with Gasteiger partial charge < -0.3 is 14.8 Å². The van der Waals surface area contributed by atoms with Crippen LogP contribution >= 0.6 is 23.2 Å². The van der Waals surface area contributed by atoms with E-state index < -0.39 is 5.91 Å². The first kappa shape index (κ1) is 26.1. The first-order valence-corrected chi connectivity index (χ1v) is 12.4. The Kier molecular flexibility index (Phi) is 8.35. The number of halogens is 2. The molecule has 0 saturated heterocycles. The van der Waals surface area contributed by atoms with Crippen molar-refractivity contribution >= 4 is 51.6 Å². The molecule has 4 rings (SSSR count). The predicted octanol–water partition coefficient (Wildman–Crippen LogP) is 7.98. The highest BCUT2D eigenvalue weighted by Gasteiger charge is 2.16. The fourth-order valence-corrected chi connectivity index (χ4v) is 4.34. The molecule has 4 aromatic carbocycles. The lowest BCUT2D eigenvalue weighted by Gasteiger charge is -2.15. The minimum absolute atomic E-state index is 0.0951. The number of amides is 1. The van der Waals surface area contributed by atoms with Gasteiger partial charge in [0.1, 0.15) is 18.2 Å². The largest absolute Gasteiger partial charge is 0.490 e. The molecule has 186 valence electrons. The lowest BCUT2D eigenvalue weighted by Crippen LogP contribution is -2.14. The zero-order valence-corrected chi connectivity index (χ0v) is 21.9. The molecule has 0 heterocycles. The first-order chi connectivity index (χ1) is 17.9. The Morgan fingerprint density at radius 1 is 1.00 bits per heavy atom. The van der Waals surface area contributed by atoms with Crippen molar-refractivity contribution < 1.29 is 14.3 Å². The molecular formula is C30H24Cl2N2O3. The van der Waals surface area contributed by atoms with Gasteiger partial charge in [-0.3, -0.25) is 4.79 Å². The number of nitrogens with zero attached hydrogens (tertiary/aromatic N) is 1. The molecule has 5 nitrogen and oxygen atoms in total. The van der Waals surface area contributed by atoms with Gasteiger partial charge in [-0.05, 0) is 71.7 Å². The van der Waals surface area contributed by atoms with E-state index >= 15 is 0 Å². The second-order valence-corrected chi connectivity index (χ2v) is 9.04. The molecule has 0 bridgehead atoms. The summed E-state index contributed by atoms with van der Waals surface area (Å²) < 4.78 is 11.9. The first-order valence-electron chi connectivity index (χ1n) is 11.6. The number of carbonyl (C=O) groups is 1. The molecule has 0 radical (unpaired) electrons. The molecule has 0 aromatic heterocycles. The van der Waals surface area contributed by atoms with E-state index in [0.717, 1.165) is 16.3 Å². The maximum Gasteiger partial charge on any atom is 0.266 e. The number of carbonyl (C=O) groups excluding carboxylic acids is 1. The van der Waals surface area contributed by atoms with Crippen LogP contribution in [0.25, 0.3) is 16.8 Å². The Morgan fingerprint density at radius 3 is 2.54 bits per heavy atom. The Labute approximate surface area is 225 Å². The van der Waals surface area contributed by atoms with E-state index in [2.05, 4.69) is 17.4 Å². The summed E-state index contributed by atoms with van der Waals surface area (Å²) in [6, 6.07) is 24.6. The molecule has 0 fully saturated rings. The molecule has 0 aliphatic heterocycles. The lowest BCUT2D eigenvalue weighted by molar-refractivity contribution is -0.112. The highest BCUT2D eigenvalue weighted by Crippen LogP contribution is 2.38. The van der Waals surface area contributed by atoms with Crippen molar-refractivity contribution in [2.75, 3.05) is 11.9 Å². The third-order valence-electron chi connectivity index (χ3n) is 5.78. The van der Waals surface area contributed by atoms with E-state index in [0.29, 0.717) is 51.6 Å². The van der Waals surface area contributed by atoms with Crippen LogP contribution in [0.4, 0.5) is 5.69 Å². The Morgan fingerprint density at radius 2 is 1.76 bits per heavy atom. The number of fused-ring (bicyclic) bond motifs is 1. The van der Waals surface area contributed by atoms with E-state index in [1.807, 2.05) is 43.3 Å². The normalized spacial score (nSPS) is 11.2. The zero-order valence-electron chi connectivity index (χ0n) is 20.3. The number of hydrogen-bond acceptors (Lipinski definition) is 4. The summed E-state index contributed by atoms with van der Waals surface area (Å²) in [4.78, 5) is 12.8. The number of nitrogens with one attached hydrogen (secondary N) is 1. The molecule has 0 atom stereocenters. The van der Waals surface area contributed by atoms with Crippen molar-refractivity contribution in [1.82, 2.24) is 0 Å². The van der Waals surface area contributed by atoms with Crippen molar-refractivity contribution in [3.05, 3.63) is 105 Å². The van der Waals surface area contributed by atoms with Gasteiger partial charge in [0.2, 0.25) is 0 Å². The van der Waals surface area contributed by atoms with Crippen LogP contribution in [0.3, 0.4) is 0 Å². The van der Waals surface area contributed by atoms with Crippen LogP contribution in [0.2, 0.25) is 10.0 Å². The van der Waals surface area contributed by atoms with Gasteiger partial charge >= 0.3 is 0 Å². The van der Waals surface area contributed by atoms with Crippen molar-refractivity contribution in [2.24, 2.45) is 0 Å². The number of hydrogen-bond donors (Lipinski definition) is 1. The minimum atomic E-state index is -0.557. The summed E-state index contributed by atoms with van der Waals surface area (Å²) in [6.45, 7) is 4.32. The molecule has 0 aliphatic carbocycles. The molecule has 4 aromatic rings. The van der Waals surface area contributed by atoms with Crippen molar-refractivity contribution in [1.29, 1.82) is 5.26 Å². The fraction of sp³-hybridized carbons (Fsp3) is 0.133. The van der Waals surface area contributed by atoms with Crippen molar-refractivity contribution in [3.8, 4) is 17.6 Å². The SMILES string of the molecule is CCOc1cc(/C=C(\C#N)C(=O)Nc2cccc(Cl)c2C)cc(Cl)c1OCc1cccc2ccccc12. The highest BCUT2D eigenvalue weighted by atomic mass is 35.5. The van der Waals surface area contributed by atoms with Crippen LogP contribution in [0.5, 0.6) is 11.5 Å². The van der Waals surface area contributed by atoms with Gasteiger partial charge in [-0.2, -0.15) is 5.26 Å². The van der Waals surface area contributed by atoms with E-state index in [-0.39, 0.29) is 5.57 Å². The van der Waals surface area contributed by atoms with Crippen LogP contribution in [0.1, 0.15) is 23.6 Å². The molecule has 0 spiro atoms. The molecule has 0 aliphatic rings. The number of benzene rings is 4. The van der Waals surface area contributed by atoms with E-state index in [1.54, 1.807) is 37.3 Å². The summed E-state index contributed by atoms with van der Waals surface area (Å²) in [6.07, 6.45) is 1.46. The van der Waals surface area contributed by atoms with Crippen LogP contribution in [-0.2, 0) is 11.4 Å². The maximum atomic E-state index is 12.8. The van der Waals surface area contributed by atoms with Gasteiger partial charge in [0.25, 0.3) is 5.91 Å². The Hall–Kier alpha value is -3.98. The fourth-order valence-electron chi connectivity index (χ4n) is 3.89. The van der Waals surface area contributed by atoms with Gasteiger partial charge in [0.15, 0.2) is 11.5 Å². The van der Waals surface area contributed by atoms with Crippen LogP contribution in [0.15, 0.2) is 78.4 Å². The zero-order chi connectivity index (χ0) is 26.4. The molecule has 1 N–H and O–H groups in total. The Bertz CT molecular complexity index is 1530. The predicted molar refractivity (Wildman–Crippen MR) is 149 cm³/mol. The van der Waals surface area contributed by atoms with Crippen molar-refractivity contribution in [3.63, 3.8) is 0 Å². The third kappa shape index (κ3) is 6.06. The minimum Gasteiger partial charge on any atom is -0.490 e. The Balaban J connectivity index is 1.60. The number of ether oxygens (including phenoxy) is 2. The molecular weight excluding hydrogens is 507 g/mol. The second-order valence-electron chi connectivity index (χ2n) is 8.23. The smallest absolute Gasteiger partial charge is 0.266 e. The summed E-state index contributed by atoms with van der Waals surface area (Å²) in [5, 5.41) is 15.4. The van der Waals surface area contributed by atoms with Crippen LogP contribution in [0, 0.1) is 18.3 Å². The monoisotopic (exact) mass is 530 g/mol. The van der Waals surface area contributed by atoms with E-state index in [1.165, 1.54) is 6.08 Å². The van der Waals surface area contributed by atoms with Gasteiger partial charge in [-0.1, -0.05) is 71.7 Å². The molecule has 7 heteroatoms. The summed E-state index contributed by atoms with van der Waals surface area (Å²) in [5.74, 6) is 0.259. The van der Waals surface area contributed by atoms with Crippen LogP contribution in [-0.4, -0.2) is 12.5 Å². The average Bonchev–Trinajstić information content (AvgIpc) is 2.89. The molecule has 1 amide bonds. The number of rotatable bonds is 8. The molecule has 37 heavy (non-hydrogen) atoms. The molecule has 0 saturated carbocycles. The topological polar surface area (TPSA) is 71.3 Å². The number of anilines is 1. The van der Waals surface area contributed by atoms with Crippen LogP contribution < -0.4 is 14.8 Å². The van der Waals surface area contributed by atoms with E-state index in [9.17, 15) is 10.1 Å². The third-order valence-corrected chi connectivity index (χ3v) is 6.47. The quantitative estimate of drug-likeness (QED) is 0.185.